The molecule has 2 nitrogen and oxygen atoms in total. The number of thioether (sulfide) groups is 1. The van der Waals surface area contributed by atoms with Gasteiger partial charge in [0.05, 0.1) is 6.61 Å². The molecule has 3 N–H and O–H groups in total. The average Bonchev–Trinajstić information content (AvgIpc) is 2.29. The smallest absolute Gasteiger partial charge is 0.0608 e. The Morgan fingerprint density at radius 2 is 2.06 bits per heavy atom. The van der Waals surface area contributed by atoms with E-state index in [9.17, 15) is 0 Å². The van der Waals surface area contributed by atoms with Crippen LogP contribution in [-0.2, 0) is 0 Å². The standard InChI is InChI=1S/C14H23NOS/c1-11-5-6-12(2)13(9-11)17-8-4-7-14(3,15)10-16/h5-6,9,16H,4,7-8,10,15H2,1-3H3. The van der Waals surface area contributed by atoms with Gasteiger partial charge in [-0.3, -0.25) is 0 Å². The van der Waals surface area contributed by atoms with Crippen LogP contribution in [0.25, 0.3) is 0 Å². The molecule has 0 amide bonds. The van der Waals surface area contributed by atoms with E-state index in [0.717, 1.165) is 18.6 Å². The molecule has 96 valence electrons. The van der Waals surface area contributed by atoms with E-state index in [1.807, 2.05) is 18.7 Å². The summed E-state index contributed by atoms with van der Waals surface area (Å²) in [6, 6.07) is 6.54. The Balaban J connectivity index is 2.38. The molecule has 0 saturated carbocycles. The lowest BCUT2D eigenvalue weighted by Crippen LogP contribution is -2.40. The molecule has 0 heterocycles. The molecule has 0 aliphatic carbocycles. The maximum absolute atomic E-state index is 9.06. The van der Waals surface area contributed by atoms with E-state index in [1.165, 1.54) is 16.0 Å². The van der Waals surface area contributed by atoms with Crippen molar-refractivity contribution in [2.75, 3.05) is 12.4 Å². The molecule has 0 spiro atoms. The van der Waals surface area contributed by atoms with Crippen LogP contribution >= 0.6 is 11.8 Å². The van der Waals surface area contributed by atoms with Gasteiger partial charge in [-0.1, -0.05) is 17.7 Å². The van der Waals surface area contributed by atoms with Gasteiger partial charge in [0, 0.05) is 10.4 Å². The van der Waals surface area contributed by atoms with Crippen molar-refractivity contribution >= 4 is 11.8 Å². The minimum absolute atomic E-state index is 0.0567. The topological polar surface area (TPSA) is 46.2 Å². The van der Waals surface area contributed by atoms with Crippen LogP contribution in [0.3, 0.4) is 0 Å². The Hall–Kier alpha value is -0.510. The summed E-state index contributed by atoms with van der Waals surface area (Å²) in [7, 11) is 0. The monoisotopic (exact) mass is 253 g/mol. The van der Waals surface area contributed by atoms with Gasteiger partial charge in [0.15, 0.2) is 0 Å². The Labute approximate surface area is 109 Å². The fraction of sp³-hybridized carbons (Fsp3) is 0.571. The maximum atomic E-state index is 9.06. The fourth-order valence-corrected chi connectivity index (χ4v) is 2.67. The minimum Gasteiger partial charge on any atom is -0.394 e. The summed E-state index contributed by atoms with van der Waals surface area (Å²) in [6.07, 6.45) is 1.90. The van der Waals surface area contributed by atoms with E-state index < -0.39 is 5.54 Å². The SMILES string of the molecule is Cc1ccc(C)c(SCCCC(C)(N)CO)c1. The largest absolute Gasteiger partial charge is 0.394 e. The van der Waals surface area contributed by atoms with Crippen molar-refractivity contribution in [3.05, 3.63) is 29.3 Å². The molecule has 0 radical (unpaired) electrons. The van der Waals surface area contributed by atoms with Gasteiger partial charge in [0.2, 0.25) is 0 Å². The summed E-state index contributed by atoms with van der Waals surface area (Å²) in [5, 5.41) is 9.06. The fourth-order valence-electron chi connectivity index (χ4n) is 1.60. The predicted octanol–water partition coefficient (Wildman–Crippen LogP) is 2.89. The zero-order valence-corrected chi connectivity index (χ0v) is 11.8. The molecular weight excluding hydrogens is 230 g/mol. The molecule has 1 unspecified atom stereocenters. The highest BCUT2D eigenvalue weighted by atomic mass is 32.2. The molecule has 17 heavy (non-hydrogen) atoms. The van der Waals surface area contributed by atoms with Crippen LogP contribution in [0, 0.1) is 13.8 Å². The Morgan fingerprint density at radius 1 is 1.35 bits per heavy atom. The van der Waals surface area contributed by atoms with Crippen molar-refractivity contribution in [1.29, 1.82) is 0 Å². The first-order valence-electron chi connectivity index (χ1n) is 6.04. The summed E-state index contributed by atoms with van der Waals surface area (Å²) >= 11 is 1.88. The minimum atomic E-state index is -0.428. The molecule has 0 saturated heterocycles. The molecule has 0 aliphatic heterocycles. The van der Waals surface area contributed by atoms with E-state index in [2.05, 4.69) is 32.0 Å². The molecule has 0 fully saturated rings. The quantitative estimate of drug-likeness (QED) is 0.605. The van der Waals surface area contributed by atoms with Crippen LogP contribution in [0.2, 0.25) is 0 Å². The Morgan fingerprint density at radius 3 is 2.71 bits per heavy atom. The van der Waals surface area contributed by atoms with Crippen molar-refractivity contribution in [3.63, 3.8) is 0 Å². The lowest BCUT2D eigenvalue weighted by atomic mass is 9.99. The van der Waals surface area contributed by atoms with Crippen molar-refractivity contribution in [3.8, 4) is 0 Å². The summed E-state index contributed by atoms with van der Waals surface area (Å²) in [6.45, 7) is 6.21. The summed E-state index contributed by atoms with van der Waals surface area (Å²) in [5.74, 6) is 1.05. The van der Waals surface area contributed by atoms with Gasteiger partial charge in [0.25, 0.3) is 0 Å². The van der Waals surface area contributed by atoms with Crippen molar-refractivity contribution in [2.45, 2.75) is 44.0 Å². The van der Waals surface area contributed by atoms with E-state index in [4.69, 9.17) is 10.8 Å². The van der Waals surface area contributed by atoms with E-state index in [1.54, 1.807) is 0 Å². The first-order chi connectivity index (χ1) is 7.94. The van der Waals surface area contributed by atoms with Crippen molar-refractivity contribution in [1.82, 2.24) is 0 Å². The van der Waals surface area contributed by atoms with E-state index >= 15 is 0 Å². The third-order valence-corrected chi connectivity index (χ3v) is 4.10. The highest BCUT2D eigenvalue weighted by Crippen LogP contribution is 2.25. The van der Waals surface area contributed by atoms with Crippen LogP contribution in [0.15, 0.2) is 23.1 Å². The first kappa shape index (κ1) is 14.6. The van der Waals surface area contributed by atoms with Crippen LogP contribution in [0.1, 0.15) is 30.9 Å². The van der Waals surface area contributed by atoms with Gasteiger partial charge >= 0.3 is 0 Å². The lowest BCUT2D eigenvalue weighted by Gasteiger charge is -2.21. The third kappa shape index (κ3) is 5.11. The number of aryl methyl sites for hydroxylation is 2. The third-order valence-electron chi connectivity index (χ3n) is 2.85. The van der Waals surface area contributed by atoms with E-state index in [-0.39, 0.29) is 6.61 Å². The number of aliphatic hydroxyl groups excluding tert-OH is 1. The number of rotatable bonds is 6. The number of benzene rings is 1. The molecule has 0 aromatic heterocycles. The zero-order valence-electron chi connectivity index (χ0n) is 11.0. The van der Waals surface area contributed by atoms with Gasteiger partial charge in [-0.15, -0.1) is 11.8 Å². The molecule has 0 bridgehead atoms. The highest BCUT2D eigenvalue weighted by Gasteiger charge is 2.15. The number of hydrogen-bond donors (Lipinski definition) is 2. The van der Waals surface area contributed by atoms with Crippen LogP contribution in [0.5, 0.6) is 0 Å². The molecule has 1 aromatic carbocycles. The second-order valence-electron chi connectivity index (χ2n) is 5.03. The van der Waals surface area contributed by atoms with E-state index in [0.29, 0.717) is 0 Å². The number of aliphatic hydroxyl groups is 1. The summed E-state index contributed by atoms with van der Waals surface area (Å²) in [5.41, 5.74) is 8.10. The first-order valence-corrected chi connectivity index (χ1v) is 7.03. The second-order valence-corrected chi connectivity index (χ2v) is 6.17. The number of nitrogens with two attached hydrogens (primary N) is 1. The Bertz CT molecular complexity index is 363. The van der Waals surface area contributed by atoms with Crippen molar-refractivity contribution in [2.24, 2.45) is 5.73 Å². The average molecular weight is 253 g/mol. The second kappa shape index (κ2) is 6.43. The van der Waals surface area contributed by atoms with Gasteiger partial charge in [-0.25, -0.2) is 0 Å². The van der Waals surface area contributed by atoms with Gasteiger partial charge in [0.1, 0.15) is 0 Å². The van der Waals surface area contributed by atoms with Gasteiger partial charge < -0.3 is 10.8 Å². The highest BCUT2D eigenvalue weighted by molar-refractivity contribution is 7.99. The molecule has 3 heteroatoms. The summed E-state index contributed by atoms with van der Waals surface area (Å²) in [4.78, 5) is 1.35. The van der Waals surface area contributed by atoms with Gasteiger partial charge in [-0.2, -0.15) is 0 Å². The molecular formula is C14H23NOS. The zero-order chi connectivity index (χ0) is 12.9. The van der Waals surface area contributed by atoms with Crippen LogP contribution in [0.4, 0.5) is 0 Å². The number of hydrogen-bond acceptors (Lipinski definition) is 3. The van der Waals surface area contributed by atoms with Crippen molar-refractivity contribution < 1.29 is 5.11 Å². The molecule has 1 atom stereocenters. The molecule has 0 aliphatic rings. The Kier molecular flexibility index (Phi) is 5.50. The maximum Gasteiger partial charge on any atom is 0.0608 e. The normalized spacial score (nSPS) is 14.6. The molecule has 1 aromatic rings. The summed E-state index contributed by atoms with van der Waals surface area (Å²) < 4.78 is 0. The van der Waals surface area contributed by atoms with Crippen LogP contribution < -0.4 is 5.73 Å². The lowest BCUT2D eigenvalue weighted by molar-refractivity contribution is 0.200. The van der Waals surface area contributed by atoms with Gasteiger partial charge in [-0.05, 0) is 51.0 Å². The molecule has 1 rings (SSSR count). The predicted molar refractivity (Wildman–Crippen MR) is 75.6 cm³/mol. The van der Waals surface area contributed by atoms with Crippen LogP contribution in [-0.4, -0.2) is 23.0 Å².